The number of ether oxygens (including phenoxy) is 1. The molecule has 3 aromatic rings. The van der Waals surface area contributed by atoms with Crippen LogP contribution in [0.3, 0.4) is 0 Å². The summed E-state index contributed by atoms with van der Waals surface area (Å²) in [5, 5.41) is 14.7. The van der Waals surface area contributed by atoms with Crippen LogP contribution in [-0.2, 0) is 16.2 Å². The van der Waals surface area contributed by atoms with E-state index in [1.54, 1.807) is 31.6 Å². The number of carbonyl (C=O) groups is 2. The third-order valence-corrected chi connectivity index (χ3v) is 6.46. The fourth-order valence-corrected chi connectivity index (χ4v) is 4.21. The van der Waals surface area contributed by atoms with Crippen molar-refractivity contribution in [2.75, 3.05) is 26.7 Å². The van der Waals surface area contributed by atoms with Crippen LogP contribution in [0.5, 0.6) is 5.75 Å². The smallest absolute Gasteiger partial charge is 0.271 e. The van der Waals surface area contributed by atoms with Gasteiger partial charge >= 0.3 is 0 Å². The fourth-order valence-electron chi connectivity index (χ4n) is 4.21. The molecule has 1 aliphatic heterocycles. The summed E-state index contributed by atoms with van der Waals surface area (Å²) in [4.78, 5) is 30.9. The molecule has 0 aliphatic carbocycles. The first-order valence-electron chi connectivity index (χ1n) is 12.7. The van der Waals surface area contributed by atoms with Gasteiger partial charge in [-0.3, -0.25) is 20.0 Å². The summed E-state index contributed by atoms with van der Waals surface area (Å²) in [5.74, 6) is 0.600. The van der Waals surface area contributed by atoms with E-state index in [4.69, 9.17) is 10.1 Å². The molecule has 0 saturated carbocycles. The van der Waals surface area contributed by atoms with Gasteiger partial charge in [0.15, 0.2) is 0 Å². The minimum Gasteiger partial charge on any atom is -0.489 e. The number of aromatic nitrogens is 1. The number of benzene rings is 2. The van der Waals surface area contributed by atoms with Crippen molar-refractivity contribution in [2.24, 2.45) is 0 Å². The van der Waals surface area contributed by atoms with Crippen molar-refractivity contribution >= 4 is 23.1 Å². The molecule has 1 fully saturated rings. The zero-order valence-corrected chi connectivity index (χ0v) is 22.0. The summed E-state index contributed by atoms with van der Waals surface area (Å²) in [6.07, 6.45) is 3.23. The molecule has 0 atom stereocenters. The summed E-state index contributed by atoms with van der Waals surface area (Å²) in [6.45, 7) is 5.61. The topological polar surface area (TPSA) is 107 Å². The van der Waals surface area contributed by atoms with E-state index in [2.05, 4.69) is 53.7 Å². The van der Waals surface area contributed by atoms with Gasteiger partial charge in [-0.1, -0.05) is 50.2 Å². The number of piperazine rings is 1. The highest BCUT2D eigenvalue weighted by Gasteiger charge is 2.29. The van der Waals surface area contributed by atoms with Gasteiger partial charge in [0.05, 0.1) is 12.3 Å². The van der Waals surface area contributed by atoms with Crippen LogP contribution in [0, 0.1) is 5.41 Å². The van der Waals surface area contributed by atoms with Gasteiger partial charge in [-0.2, -0.15) is 0 Å². The predicted molar refractivity (Wildman–Crippen MR) is 148 cm³/mol. The number of amides is 2. The van der Waals surface area contributed by atoms with Gasteiger partial charge in [0, 0.05) is 43.7 Å². The van der Waals surface area contributed by atoms with Gasteiger partial charge in [-0.25, -0.2) is 0 Å². The van der Waals surface area contributed by atoms with Crippen LogP contribution >= 0.6 is 0 Å². The third kappa shape index (κ3) is 6.26. The average molecular weight is 512 g/mol. The zero-order chi connectivity index (χ0) is 27.1. The lowest BCUT2D eigenvalue weighted by Gasteiger charge is -2.30. The van der Waals surface area contributed by atoms with E-state index in [0.29, 0.717) is 53.8 Å². The first-order valence-corrected chi connectivity index (χ1v) is 12.7. The highest BCUT2D eigenvalue weighted by molar-refractivity contribution is 6.34. The van der Waals surface area contributed by atoms with Crippen LogP contribution in [0.25, 0.3) is 5.57 Å². The number of likely N-dealkylation sites (N-methyl/N-ethyl adjacent to an activating group) is 1. The normalized spacial score (nSPS) is 14.6. The Labute approximate surface area is 223 Å². The molecule has 8 heteroatoms. The lowest BCUT2D eigenvalue weighted by atomic mass is 9.93. The second kappa shape index (κ2) is 12.2. The van der Waals surface area contributed by atoms with Crippen LogP contribution in [0.2, 0.25) is 0 Å². The van der Waals surface area contributed by atoms with Gasteiger partial charge in [0.1, 0.15) is 18.1 Å². The van der Waals surface area contributed by atoms with Crippen LogP contribution in [-0.4, -0.2) is 54.1 Å². The molecule has 0 spiro atoms. The molecule has 2 aromatic carbocycles. The number of allylic oxidation sites excluding steroid dienone is 1. The molecular weight excluding hydrogens is 478 g/mol. The summed E-state index contributed by atoms with van der Waals surface area (Å²) >= 11 is 0. The molecule has 2 amide bonds. The van der Waals surface area contributed by atoms with E-state index >= 15 is 0 Å². The summed E-state index contributed by atoms with van der Waals surface area (Å²) < 4.78 is 6.00. The third-order valence-electron chi connectivity index (χ3n) is 6.46. The maximum atomic E-state index is 13.4. The largest absolute Gasteiger partial charge is 0.489 e. The van der Waals surface area contributed by atoms with E-state index in [9.17, 15) is 9.59 Å². The Morgan fingerprint density at radius 3 is 2.37 bits per heavy atom. The Hall–Kier alpha value is -4.46. The van der Waals surface area contributed by atoms with Crippen molar-refractivity contribution in [1.82, 2.24) is 20.5 Å². The average Bonchev–Trinajstić information content (AvgIpc) is 2.95. The van der Waals surface area contributed by atoms with Crippen molar-refractivity contribution < 1.29 is 14.3 Å². The van der Waals surface area contributed by atoms with Crippen molar-refractivity contribution in [3.05, 3.63) is 101 Å². The maximum Gasteiger partial charge on any atom is 0.271 e. The second-order valence-electron chi connectivity index (χ2n) is 9.40. The molecule has 3 N–H and O–H groups in total. The molecule has 196 valence electrons. The van der Waals surface area contributed by atoms with E-state index in [0.717, 1.165) is 5.56 Å². The van der Waals surface area contributed by atoms with E-state index in [-0.39, 0.29) is 24.1 Å². The molecule has 0 radical (unpaired) electrons. The number of hydrogen-bond donors (Lipinski definition) is 3. The molecular formula is C30H33N5O3. The minimum atomic E-state index is -0.321. The zero-order valence-electron chi connectivity index (χ0n) is 22.0. The lowest BCUT2D eigenvalue weighted by Crippen LogP contribution is -2.50. The Morgan fingerprint density at radius 1 is 1.05 bits per heavy atom. The first-order chi connectivity index (χ1) is 18.4. The second-order valence-corrected chi connectivity index (χ2v) is 9.40. The number of hydrogen-bond acceptors (Lipinski definition) is 6. The molecule has 1 aromatic heterocycles. The quantitative estimate of drug-likeness (QED) is 0.300. The summed E-state index contributed by atoms with van der Waals surface area (Å²) in [5.41, 5.74) is 4.62. The van der Waals surface area contributed by atoms with Gasteiger partial charge in [0.2, 0.25) is 5.91 Å². The molecule has 0 unspecified atom stereocenters. The van der Waals surface area contributed by atoms with Gasteiger partial charge in [-0.05, 0) is 46.9 Å². The van der Waals surface area contributed by atoms with Crippen LogP contribution < -0.4 is 15.4 Å². The molecule has 0 bridgehead atoms. The number of nitrogens with one attached hydrogen (secondary N) is 3. The number of pyridine rings is 1. The van der Waals surface area contributed by atoms with Gasteiger partial charge < -0.3 is 20.3 Å². The fraction of sp³-hybridized carbons (Fsp3) is 0.267. The van der Waals surface area contributed by atoms with Gasteiger partial charge in [-0.15, -0.1) is 0 Å². The number of rotatable bonds is 9. The van der Waals surface area contributed by atoms with E-state index < -0.39 is 0 Å². The van der Waals surface area contributed by atoms with Gasteiger partial charge in [0.25, 0.3) is 5.91 Å². The Morgan fingerprint density at radius 2 is 1.74 bits per heavy atom. The summed E-state index contributed by atoms with van der Waals surface area (Å²) in [7, 11) is 1.54. The Bertz CT molecular complexity index is 1320. The number of carbonyl (C=O) groups excluding carboxylic acids is 2. The van der Waals surface area contributed by atoms with Crippen LogP contribution in [0.15, 0.2) is 78.8 Å². The molecule has 1 aliphatic rings. The van der Waals surface area contributed by atoms with Crippen LogP contribution in [0.4, 0.5) is 0 Å². The minimum absolute atomic E-state index is 0.0404. The van der Waals surface area contributed by atoms with Crippen molar-refractivity contribution in [3.63, 3.8) is 0 Å². The predicted octanol–water partition coefficient (Wildman–Crippen LogP) is 3.74. The van der Waals surface area contributed by atoms with E-state index in [1.807, 2.05) is 24.3 Å². The van der Waals surface area contributed by atoms with Crippen molar-refractivity contribution in [2.45, 2.75) is 26.4 Å². The first kappa shape index (κ1) is 26.6. The standard InChI is InChI=1S/C30H33N5O3/c1-20(2)22-6-4-21(5-7-22)19-38-25-10-8-23(9-11-25)27(28(31)24-12-14-33-15-13-24)29-30(37)35(17-16-34-29)18-26(36)32-3/h4-15,20,31,34H,16-19H2,1-3H3,(H,32,36)/b29-27-,31-28?. The maximum absolute atomic E-state index is 13.4. The Balaban J connectivity index is 1.61. The highest BCUT2D eigenvalue weighted by atomic mass is 16.5. The monoisotopic (exact) mass is 511 g/mol. The molecule has 2 heterocycles. The van der Waals surface area contributed by atoms with Crippen LogP contribution in [0.1, 0.15) is 42.0 Å². The molecule has 1 saturated heterocycles. The summed E-state index contributed by atoms with van der Waals surface area (Å²) in [6, 6.07) is 19.3. The molecule has 4 rings (SSSR count). The lowest BCUT2D eigenvalue weighted by molar-refractivity contribution is -0.134. The number of nitrogens with zero attached hydrogens (tertiary/aromatic N) is 2. The Kier molecular flexibility index (Phi) is 8.53. The van der Waals surface area contributed by atoms with Crippen molar-refractivity contribution in [3.8, 4) is 5.75 Å². The SMILES string of the molecule is CNC(=O)CN1CCN/C(=C(\C(=N)c2ccncc2)c2ccc(OCc3ccc(C(C)C)cc3)cc2)C1=O. The van der Waals surface area contributed by atoms with E-state index in [1.165, 1.54) is 10.5 Å². The molecule has 38 heavy (non-hydrogen) atoms. The molecule has 8 nitrogen and oxygen atoms in total. The highest BCUT2D eigenvalue weighted by Crippen LogP contribution is 2.27. The van der Waals surface area contributed by atoms with Crippen molar-refractivity contribution in [1.29, 1.82) is 5.41 Å².